The minimum absolute atomic E-state index is 0.190. The largest absolute Gasteiger partial charge is 0.508 e. The molecule has 2 aromatic carbocycles. The van der Waals surface area contributed by atoms with E-state index in [0.717, 1.165) is 17.7 Å². The van der Waals surface area contributed by atoms with E-state index in [1.807, 2.05) is 24.3 Å². The summed E-state index contributed by atoms with van der Waals surface area (Å²) < 4.78 is 0. The zero-order valence-corrected chi connectivity index (χ0v) is 10.3. The predicted molar refractivity (Wildman–Crippen MR) is 72.9 cm³/mol. The summed E-state index contributed by atoms with van der Waals surface area (Å²) in [6, 6.07) is 14.4. The first-order valence-corrected chi connectivity index (χ1v) is 6.03. The van der Waals surface area contributed by atoms with Gasteiger partial charge in [-0.15, -0.1) is 0 Å². The minimum Gasteiger partial charge on any atom is -0.508 e. The smallest absolute Gasteiger partial charge is 0.115 e. The quantitative estimate of drug-likeness (QED) is 0.718. The van der Waals surface area contributed by atoms with Crippen LogP contribution in [-0.2, 0) is 0 Å². The van der Waals surface area contributed by atoms with Gasteiger partial charge in [0.15, 0.2) is 0 Å². The number of anilines is 1. The third-order valence-corrected chi connectivity index (χ3v) is 2.91. The van der Waals surface area contributed by atoms with Crippen LogP contribution in [0.5, 0.6) is 11.5 Å². The Bertz CT molecular complexity index is 491. The van der Waals surface area contributed by atoms with Crippen molar-refractivity contribution in [2.24, 2.45) is 0 Å². The molecule has 94 valence electrons. The maximum Gasteiger partial charge on any atom is 0.115 e. The lowest BCUT2D eigenvalue weighted by Crippen LogP contribution is -2.09. The summed E-state index contributed by atoms with van der Waals surface area (Å²) in [4.78, 5) is 0. The van der Waals surface area contributed by atoms with Crippen molar-refractivity contribution in [3.63, 3.8) is 0 Å². The van der Waals surface area contributed by atoms with Gasteiger partial charge in [0, 0.05) is 5.69 Å². The standard InChI is InChI=1S/C15H17NO2/c1-2-15(11-3-7-13(17)8-4-11)16-12-5-9-14(18)10-6-12/h3-10,15-18H,2H2,1H3. The number of hydrogen-bond donors (Lipinski definition) is 3. The van der Waals surface area contributed by atoms with Crippen LogP contribution in [0, 0.1) is 0 Å². The van der Waals surface area contributed by atoms with E-state index in [1.165, 1.54) is 0 Å². The molecular weight excluding hydrogens is 226 g/mol. The van der Waals surface area contributed by atoms with Crippen molar-refractivity contribution in [2.75, 3.05) is 5.32 Å². The molecule has 1 atom stereocenters. The lowest BCUT2D eigenvalue weighted by Gasteiger charge is -2.19. The Hall–Kier alpha value is -2.16. The number of phenolic OH excluding ortho intramolecular Hbond substituents is 2. The summed E-state index contributed by atoms with van der Waals surface area (Å²) in [6.07, 6.45) is 0.936. The summed E-state index contributed by atoms with van der Waals surface area (Å²) in [6.45, 7) is 2.10. The molecule has 0 aliphatic rings. The average Bonchev–Trinajstić information content (AvgIpc) is 2.39. The Morgan fingerprint density at radius 2 is 1.39 bits per heavy atom. The molecule has 0 saturated carbocycles. The highest BCUT2D eigenvalue weighted by Gasteiger charge is 2.08. The summed E-state index contributed by atoms with van der Waals surface area (Å²) >= 11 is 0. The van der Waals surface area contributed by atoms with E-state index in [1.54, 1.807) is 24.3 Å². The van der Waals surface area contributed by atoms with Gasteiger partial charge >= 0.3 is 0 Å². The molecule has 3 heteroatoms. The number of phenols is 2. The summed E-state index contributed by atoms with van der Waals surface area (Å²) in [5.74, 6) is 0.538. The van der Waals surface area contributed by atoms with E-state index in [-0.39, 0.29) is 17.5 Å². The van der Waals surface area contributed by atoms with E-state index in [0.29, 0.717) is 0 Å². The van der Waals surface area contributed by atoms with Crippen LogP contribution < -0.4 is 5.32 Å². The fraction of sp³-hybridized carbons (Fsp3) is 0.200. The van der Waals surface area contributed by atoms with Crippen LogP contribution in [0.3, 0.4) is 0 Å². The van der Waals surface area contributed by atoms with Crippen molar-refractivity contribution < 1.29 is 10.2 Å². The van der Waals surface area contributed by atoms with E-state index in [2.05, 4.69) is 12.2 Å². The van der Waals surface area contributed by atoms with Gasteiger partial charge in [-0.25, -0.2) is 0 Å². The molecule has 0 fully saturated rings. The fourth-order valence-electron chi connectivity index (χ4n) is 1.89. The molecule has 0 spiro atoms. The normalized spacial score (nSPS) is 12.1. The molecule has 3 nitrogen and oxygen atoms in total. The molecule has 0 heterocycles. The van der Waals surface area contributed by atoms with Crippen LogP contribution in [-0.4, -0.2) is 10.2 Å². The van der Waals surface area contributed by atoms with Gasteiger partial charge in [0.2, 0.25) is 0 Å². The fourth-order valence-corrected chi connectivity index (χ4v) is 1.89. The van der Waals surface area contributed by atoms with Crippen LogP contribution in [0.15, 0.2) is 48.5 Å². The van der Waals surface area contributed by atoms with E-state index in [4.69, 9.17) is 0 Å². The monoisotopic (exact) mass is 243 g/mol. The first kappa shape index (κ1) is 12.3. The third-order valence-electron chi connectivity index (χ3n) is 2.91. The van der Waals surface area contributed by atoms with Crippen molar-refractivity contribution in [3.8, 4) is 11.5 Å². The highest BCUT2D eigenvalue weighted by Crippen LogP contribution is 2.25. The lowest BCUT2D eigenvalue weighted by atomic mass is 10.0. The molecule has 18 heavy (non-hydrogen) atoms. The molecule has 2 rings (SSSR count). The molecule has 1 unspecified atom stereocenters. The average molecular weight is 243 g/mol. The predicted octanol–water partition coefficient (Wildman–Crippen LogP) is 3.66. The second-order valence-electron chi connectivity index (χ2n) is 4.24. The molecule has 2 aromatic rings. The van der Waals surface area contributed by atoms with Crippen molar-refractivity contribution in [3.05, 3.63) is 54.1 Å². The number of rotatable bonds is 4. The van der Waals surface area contributed by atoms with Gasteiger partial charge in [-0.05, 0) is 48.4 Å². The third kappa shape index (κ3) is 2.94. The van der Waals surface area contributed by atoms with E-state index < -0.39 is 0 Å². The topological polar surface area (TPSA) is 52.5 Å². The van der Waals surface area contributed by atoms with Gasteiger partial charge in [0.25, 0.3) is 0 Å². The molecular formula is C15H17NO2. The number of benzene rings is 2. The molecule has 0 saturated heterocycles. The maximum absolute atomic E-state index is 9.28. The summed E-state index contributed by atoms with van der Waals surface area (Å²) in [5, 5.41) is 21.9. The van der Waals surface area contributed by atoms with Crippen molar-refractivity contribution >= 4 is 5.69 Å². The van der Waals surface area contributed by atoms with Crippen LogP contribution in [0.4, 0.5) is 5.69 Å². The highest BCUT2D eigenvalue weighted by atomic mass is 16.3. The van der Waals surface area contributed by atoms with E-state index >= 15 is 0 Å². The van der Waals surface area contributed by atoms with Gasteiger partial charge in [-0.2, -0.15) is 0 Å². The van der Waals surface area contributed by atoms with Gasteiger partial charge < -0.3 is 15.5 Å². The van der Waals surface area contributed by atoms with Crippen LogP contribution in [0.1, 0.15) is 24.9 Å². The first-order valence-electron chi connectivity index (χ1n) is 6.03. The van der Waals surface area contributed by atoms with Gasteiger partial charge in [-0.3, -0.25) is 0 Å². The molecule has 0 aliphatic carbocycles. The second kappa shape index (κ2) is 5.45. The molecule has 3 N–H and O–H groups in total. The van der Waals surface area contributed by atoms with Gasteiger partial charge in [0.1, 0.15) is 11.5 Å². The van der Waals surface area contributed by atoms with Crippen molar-refractivity contribution in [2.45, 2.75) is 19.4 Å². The lowest BCUT2D eigenvalue weighted by molar-refractivity contribution is 0.474. The zero-order chi connectivity index (χ0) is 13.0. The Morgan fingerprint density at radius 1 is 0.889 bits per heavy atom. The van der Waals surface area contributed by atoms with Gasteiger partial charge in [-0.1, -0.05) is 19.1 Å². The number of aromatic hydroxyl groups is 2. The maximum atomic E-state index is 9.28. The second-order valence-corrected chi connectivity index (χ2v) is 4.24. The number of nitrogens with one attached hydrogen (secondary N) is 1. The molecule has 0 amide bonds. The molecule has 0 aromatic heterocycles. The molecule has 0 bridgehead atoms. The van der Waals surface area contributed by atoms with Crippen molar-refractivity contribution in [1.29, 1.82) is 0 Å². The Balaban J connectivity index is 2.14. The van der Waals surface area contributed by atoms with Crippen LogP contribution in [0.2, 0.25) is 0 Å². The zero-order valence-electron chi connectivity index (χ0n) is 10.3. The SMILES string of the molecule is CCC(Nc1ccc(O)cc1)c1ccc(O)cc1. The molecule has 0 radical (unpaired) electrons. The number of hydrogen-bond acceptors (Lipinski definition) is 3. The van der Waals surface area contributed by atoms with Crippen LogP contribution >= 0.6 is 0 Å². The highest BCUT2D eigenvalue weighted by molar-refractivity contribution is 5.48. The first-order chi connectivity index (χ1) is 8.69. The Labute approximate surface area is 107 Å². The summed E-state index contributed by atoms with van der Waals surface area (Å²) in [7, 11) is 0. The van der Waals surface area contributed by atoms with E-state index in [9.17, 15) is 10.2 Å². The Morgan fingerprint density at radius 3 is 1.89 bits per heavy atom. The van der Waals surface area contributed by atoms with Gasteiger partial charge in [0.05, 0.1) is 6.04 Å². The summed E-state index contributed by atoms with van der Waals surface area (Å²) in [5.41, 5.74) is 2.09. The molecule has 0 aliphatic heterocycles. The minimum atomic E-state index is 0.190. The Kier molecular flexibility index (Phi) is 3.72. The van der Waals surface area contributed by atoms with Crippen molar-refractivity contribution in [1.82, 2.24) is 0 Å². The van der Waals surface area contributed by atoms with Crippen LogP contribution in [0.25, 0.3) is 0 Å².